The molecule has 4 nitrogen and oxygen atoms in total. The van der Waals surface area contributed by atoms with Crippen molar-refractivity contribution >= 4 is 115 Å². The second-order valence-electron chi connectivity index (χ2n) is 0.779. The predicted molar refractivity (Wildman–Crippen MR) is 26.5 cm³/mol. The third kappa shape index (κ3) is 9.73. The van der Waals surface area contributed by atoms with Crippen molar-refractivity contribution in [2.45, 2.75) is 0 Å². The van der Waals surface area contributed by atoms with Gasteiger partial charge in [0.05, 0.1) is 0 Å². The Labute approximate surface area is 168 Å². The minimum atomic E-state index is -0.979. The molecule has 0 aromatic carbocycles. The maximum atomic E-state index is 10.0. The zero-order valence-electron chi connectivity index (χ0n) is 3.63. The average Bonchev–Trinajstić information content (AvgIpc) is 1.84. The number of hydrogen-bond acceptors (Lipinski definition) is 4. The minimum absolute atomic E-state index is 0. The van der Waals surface area contributed by atoms with Crippen molar-refractivity contribution in [1.29, 1.82) is 0 Å². The molecule has 0 saturated carbocycles. The predicted octanol–water partition coefficient (Wildman–Crippen LogP) is -2.30. The molecule has 8 heteroatoms. The van der Waals surface area contributed by atoms with E-state index in [1.54, 1.807) is 0 Å². The fraction of sp³-hybridized carbons (Fsp3) is 0. The van der Waals surface area contributed by atoms with Gasteiger partial charge in [0, 0.05) is 0 Å². The summed E-state index contributed by atoms with van der Waals surface area (Å²) >= 11 is 2.22. The van der Waals surface area contributed by atoms with Crippen molar-refractivity contribution in [3.05, 3.63) is 0 Å². The number of hydrogen-bond donors (Lipinski definition) is 0. The van der Waals surface area contributed by atoms with Gasteiger partial charge in [0.2, 0.25) is 0 Å². The zero-order chi connectivity index (χ0) is 6.57. The zero-order valence-corrected chi connectivity index (χ0v) is 6.76. The van der Waals surface area contributed by atoms with Crippen molar-refractivity contribution in [2.24, 2.45) is 0 Å². The second-order valence-corrected chi connectivity index (χ2v) is 1.42. The summed E-state index contributed by atoms with van der Waals surface area (Å²) in [6.45, 7) is 0. The third-order valence-corrected chi connectivity index (χ3v) is 0.931. The normalized spacial score (nSPS) is 5.80. The molecule has 0 radical (unpaired) electrons. The molecule has 44 valence electrons. The summed E-state index contributed by atoms with van der Waals surface area (Å²) < 4.78 is 7.98. The van der Waals surface area contributed by atoms with Gasteiger partial charge in [-0.05, 0) is 0 Å². The van der Waals surface area contributed by atoms with Crippen LogP contribution in [0.25, 0.3) is 0 Å². The summed E-state index contributed by atoms with van der Waals surface area (Å²) in [5, 5.41) is 0. The van der Waals surface area contributed by atoms with E-state index in [1.165, 1.54) is 0 Å². The molecule has 0 atom stereocenters. The first-order chi connectivity index (χ1) is 3.72. The summed E-state index contributed by atoms with van der Waals surface area (Å²) in [7, 11) is 0. The summed E-state index contributed by atoms with van der Waals surface area (Å²) in [4.78, 5) is 20.1. The molecule has 0 rings (SSSR count). The van der Waals surface area contributed by atoms with Crippen LogP contribution in [-0.4, -0.2) is 115 Å². The molecule has 0 heterocycles. The Kier molecular flexibility index (Phi) is 24.3. The quantitative estimate of drug-likeness (QED) is 0.365. The van der Waals surface area contributed by atoms with E-state index in [-0.39, 0.29) is 103 Å². The van der Waals surface area contributed by atoms with Crippen LogP contribution in [-0.2, 0) is 57.9 Å². The van der Waals surface area contributed by atoms with E-state index in [0.717, 1.165) is 41.6 Å². The maximum absolute atomic E-state index is 10.0. The Hall–Kier alpha value is 3.64. The van der Waals surface area contributed by atoms with Gasteiger partial charge in [-0.3, -0.25) is 0 Å². The van der Waals surface area contributed by atoms with E-state index in [1.807, 2.05) is 0 Å². The summed E-state index contributed by atoms with van der Waals surface area (Å²) in [6.07, 6.45) is 0. The first-order valence-electron chi connectivity index (χ1n) is 1.47. The first kappa shape index (κ1) is 19.3. The van der Waals surface area contributed by atoms with Gasteiger partial charge >= 0.3 is 173 Å². The van der Waals surface area contributed by atoms with E-state index in [4.69, 9.17) is 0 Å². The van der Waals surface area contributed by atoms with Crippen molar-refractivity contribution in [3.8, 4) is 0 Å². The average molecular weight is 264 g/mol. The number of rotatable bonds is 0. The van der Waals surface area contributed by atoms with Gasteiger partial charge in [-0.15, -0.1) is 0 Å². The molecule has 0 spiro atoms. The Balaban J connectivity index is -0.000000245. The second kappa shape index (κ2) is 12.6. The van der Waals surface area contributed by atoms with Gasteiger partial charge in [0.25, 0.3) is 0 Å². The first-order valence-corrected chi connectivity index (χ1v) is 2.75. The number of carbonyl (C=O) groups excluding carboxylic acids is 2. The molecular formula is C2H2K2O4Ti2. The van der Waals surface area contributed by atoms with Crippen LogP contribution in [0.4, 0.5) is 0 Å². The molecule has 0 fully saturated rings. The van der Waals surface area contributed by atoms with Crippen molar-refractivity contribution in [1.82, 2.24) is 0 Å². The molecule has 10 heavy (non-hydrogen) atoms. The Morgan fingerprint density at radius 1 is 0.900 bits per heavy atom. The van der Waals surface area contributed by atoms with Crippen LogP contribution in [0.2, 0.25) is 0 Å². The molecular weight excluding hydrogens is 262 g/mol. The van der Waals surface area contributed by atoms with E-state index in [0.29, 0.717) is 0 Å². The molecule has 0 aliphatic heterocycles. The van der Waals surface area contributed by atoms with Crippen molar-refractivity contribution in [2.75, 3.05) is 0 Å². The van der Waals surface area contributed by atoms with E-state index in [2.05, 4.69) is 6.64 Å². The van der Waals surface area contributed by atoms with Crippen LogP contribution in [0.5, 0.6) is 0 Å². The molecule has 0 amide bonds. The van der Waals surface area contributed by atoms with Crippen LogP contribution in [0.1, 0.15) is 0 Å². The topological polar surface area (TPSA) is 52.6 Å². The summed E-state index contributed by atoms with van der Waals surface area (Å²) in [5.74, 6) is -1.96. The van der Waals surface area contributed by atoms with Crippen LogP contribution >= 0.6 is 0 Å². The fourth-order valence-corrected chi connectivity index (χ4v) is 0.344. The summed E-state index contributed by atoms with van der Waals surface area (Å²) in [5.41, 5.74) is 0. The van der Waals surface area contributed by atoms with Gasteiger partial charge in [-0.25, -0.2) is 0 Å². The van der Waals surface area contributed by atoms with Crippen molar-refractivity contribution < 1.29 is 57.9 Å². The molecule has 0 unspecified atom stereocenters. The third-order valence-electron chi connectivity index (χ3n) is 0.352. The van der Waals surface area contributed by atoms with Gasteiger partial charge in [-0.2, -0.15) is 0 Å². The van der Waals surface area contributed by atoms with Crippen LogP contribution < -0.4 is 0 Å². The molecule has 0 saturated heterocycles. The van der Waals surface area contributed by atoms with Gasteiger partial charge in [0.1, 0.15) is 0 Å². The molecule has 0 aliphatic carbocycles. The van der Waals surface area contributed by atoms with Gasteiger partial charge in [0.15, 0.2) is 0 Å². The van der Waals surface area contributed by atoms with Gasteiger partial charge < -0.3 is 0 Å². The Bertz CT molecular complexity index is 104. The fourth-order valence-electron chi connectivity index (χ4n) is 0.0833. The summed E-state index contributed by atoms with van der Waals surface area (Å²) in [6, 6.07) is 0. The van der Waals surface area contributed by atoms with E-state index >= 15 is 0 Å². The molecule has 0 N–H and O–H groups in total. The van der Waals surface area contributed by atoms with E-state index < -0.39 is 11.9 Å². The molecule has 0 aromatic rings. The SMILES string of the molecule is O=C([O][Ti])C(=O)[O][Ti].[KH].[KH]. The van der Waals surface area contributed by atoms with Crippen molar-refractivity contribution in [3.63, 3.8) is 0 Å². The Morgan fingerprint density at radius 2 is 1.10 bits per heavy atom. The molecule has 0 bridgehead atoms. The van der Waals surface area contributed by atoms with Crippen LogP contribution in [0.15, 0.2) is 0 Å². The molecule has 0 aliphatic rings. The van der Waals surface area contributed by atoms with Crippen LogP contribution in [0.3, 0.4) is 0 Å². The van der Waals surface area contributed by atoms with Gasteiger partial charge in [-0.1, -0.05) is 0 Å². The van der Waals surface area contributed by atoms with E-state index in [9.17, 15) is 9.59 Å². The monoisotopic (exact) mass is 264 g/mol. The van der Waals surface area contributed by atoms with Crippen LogP contribution in [0, 0.1) is 0 Å². The standard InChI is InChI=1S/C2H2O4.2K.2Ti.2H/c3-1(4)2(5)6;;;;;;/h(H,3,4)(H,5,6);;;;;;/q;;;2*+1;;/p-2. The molecule has 0 aromatic heterocycles. The number of carbonyl (C=O) groups is 2. The Morgan fingerprint density at radius 3 is 1.20 bits per heavy atom.